The first kappa shape index (κ1) is 10.5. The summed E-state index contributed by atoms with van der Waals surface area (Å²) >= 11 is 3.33. The van der Waals surface area contributed by atoms with Crippen molar-refractivity contribution in [1.29, 1.82) is 0 Å². The van der Waals surface area contributed by atoms with Crippen molar-refractivity contribution in [3.8, 4) is 12.3 Å². The fourth-order valence-corrected chi connectivity index (χ4v) is 0.501. The van der Waals surface area contributed by atoms with Crippen molar-refractivity contribution < 1.29 is 9.53 Å². The Hall–Kier alpha value is -0.490. The monoisotopic (exact) mass is 218 g/mol. The minimum absolute atomic E-state index is 0.0447. The van der Waals surface area contributed by atoms with Gasteiger partial charge in [-0.1, -0.05) is 21.9 Å². The molecule has 11 heavy (non-hydrogen) atoms. The van der Waals surface area contributed by atoms with Crippen LogP contribution in [0.3, 0.4) is 0 Å². The highest BCUT2D eigenvalue weighted by molar-refractivity contribution is 9.10. The Morgan fingerprint density at radius 2 is 2.27 bits per heavy atom. The summed E-state index contributed by atoms with van der Waals surface area (Å²) in [4.78, 5) is 10.7. The lowest BCUT2D eigenvalue weighted by Gasteiger charge is -2.14. The van der Waals surface area contributed by atoms with E-state index in [0.29, 0.717) is 6.61 Å². The summed E-state index contributed by atoms with van der Waals surface area (Å²) in [6, 6.07) is 0. The molecule has 3 heteroatoms. The van der Waals surface area contributed by atoms with Gasteiger partial charge in [-0.05, 0) is 13.8 Å². The SMILES string of the molecule is C#CCC(=O)OCC(C)(C)Br. The summed E-state index contributed by atoms with van der Waals surface area (Å²) in [6.07, 6.45) is 4.95. The van der Waals surface area contributed by atoms with Crippen molar-refractivity contribution in [3.05, 3.63) is 0 Å². The van der Waals surface area contributed by atoms with Gasteiger partial charge in [0, 0.05) is 0 Å². The molecule has 0 bridgehead atoms. The topological polar surface area (TPSA) is 26.3 Å². The van der Waals surface area contributed by atoms with Crippen LogP contribution in [0, 0.1) is 12.3 Å². The minimum Gasteiger partial charge on any atom is -0.464 e. The van der Waals surface area contributed by atoms with Crippen molar-refractivity contribution in [2.24, 2.45) is 0 Å². The Bertz CT molecular complexity index is 174. The Kier molecular flexibility index (Phi) is 4.20. The summed E-state index contributed by atoms with van der Waals surface area (Å²) < 4.78 is 4.65. The quantitative estimate of drug-likeness (QED) is 0.410. The first-order valence-electron chi connectivity index (χ1n) is 3.24. The van der Waals surface area contributed by atoms with E-state index in [1.54, 1.807) is 0 Å². The first-order valence-corrected chi connectivity index (χ1v) is 4.03. The van der Waals surface area contributed by atoms with Crippen LogP contribution in [0.4, 0.5) is 0 Å². The molecule has 0 spiro atoms. The third-order valence-electron chi connectivity index (χ3n) is 0.823. The molecule has 0 amide bonds. The molecule has 62 valence electrons. The molecule has 0 aromatic heterocycles. The van der Waals surface area contributed by atoms with Crippen LogP contribution in [-0.4, -0.2) is 16.9 Å². The summed E-state index contributed by atoms with van der Waals surface area (Å²) in [5.41, 5.74) is 0. The zero-order valence-electron chi connectivity index (χ0n) is 6.69. The molecule has 0 radical (unpaired) electrons. The molecule has 0 atom stereocenters. The second-order valence-electron chi connectivity index (χ2n) is 2.76. The molecule has 0 fully saturated rings. The fourth-order valence-electron chi connectivity index (χ4n) is 0.386. The van der Waals surface area contributed by atoms with Crippen LogP contribution in [0.5, 0.6) is 0 Å². The van der Waals surface area contributed by atoms with E-state index in [0.717, 1.165) is 0 Å². The highest BCUT2D eigenvalue weighted by Crippen LogP contribution is 2.15. The summed E-state index contributed by atoms with van der Waals surface area (Å²) in [5.74, 6) is 1.87. The fraction of sp³-hybridized carbons (Fsp3) is 0.625. The summed E-state index contributed by atoms with van der Waals surface area (Å²) in [7, 11) is 0. The number of carbonyl (C=O) groups is 1. The summed E-state index contributed by atoms with van der Waals surface area (Å²) in [6.45, 7) is 4.17. The first-order chi connectivity index (χ1) is 4.95. The van der Waals surface area contributed by atoms with Crippen LogP contribution in [0.15, 0.2) is 0 Å². The van der Waals surface area contributed by atoms with Gasteiger partial charge in [0.05, 0.1) is 4.32 Å². The number of carbonyl (C=O) groups excluding carboxylic acids is 1. The van der Waals surface area contributed by atoms with Crippen molar-refractivity contribution in [1.82, 2.24) is 0 Å². The second kappa shape index (κ2) is 4.40. The molecule has 0 aromatic carbocycles. The Morgan fingerprint density at radius 1 is 1.73 bits per heavy atom. The van der Waals surface area contributed by atoms with Crippen LogP contribution in [0.25, 0.3) is 0 Å². The maximum atomic E-state index is 10.7. The van der Waals surface area contributed by atoms with Gasteiger partial charge < -0.3 is 4.74 Å². The molecule has 2 nitrogen and oxygen atoms in total. The number of esters is 1. The van der Waals surface area contributed by atoms with Gasteiger partial charge in [0.2, 0.25) is 0 Å². The normalized spacial score (nSPS) is 10.4. The maximum Gasteiger partial charge on any atom is 0.317 e. The van der Waals surface area contributed by atoms with E-state index in [9.17, 15) is 4.79 Å². The van der Waals surface area contributed by atoms with E-state index in [4.69, 9.17) is 11.2 Å². The van der Waals surface area contributed by atoms with Gasteiger partial charge in [-0.3, -0.25) is 4.79 Å². The number of hydrogen-bond acceptors (Lipinski definition) is 2. The molecule has 0 saturated carbocycles. The Labute approximate surface area is 75.4 Å². The van der Waals surface area contributed by atoms with Crippen LogP contribution in [0.1, 0.15) is 20.3 Å². The lowest BCUT2D eigenvalue weighted by molar-refractivity contribution is -0.142. The molecule has 0 aliphatic carbocycles. The molecule has 0 heterocycles. The molecule has 0 N–H and O–H groups in total. The van der Waals surface area contributed by atoms with E-state index >= 15 is 0 Å². The minimum atomic E-state index is -0.347. The van der Waals surface area contributed by atoms with Gasteiger partial charge in [0.15, 0.2) is 0 Å². The number of terminal acetylenes is 1. The molecule has 0 aromatic rings. The summed E-state index contributed by atoms with van der Waals surface area (Å²) in [5, 5.41) is 0. The second-order valence-corrected chi connectivity index (χ2v) is 4.91. The van der Waals surface area contributed by atoms with Crippen molar-refractivity contribution >= 4 is 21.9 Å². The average Bonchev–Trinajstić information content (AvgIpc) is 1.83. The molecule has 0 aliphatic rings. The number of rotatable bonds is 3. The van der Waals surface area contributed by atoms with Gasteiger partial charge in [0.1, 0.15) is 13.0 Å². The lowest BCUT2D eigenvalue weighted by Crippen LogP contribution is -2.21. The number of hydrogen-bond donors (Lipinski definition) is 0. The highest BCUT2D eigenvalue weighted by atomic mass is 79.9. The molecular formula is C8H11BrO2. The number of ether oxygens (including phenoxy) is 1. The zero-order valence-corrected chi connectivity index (χ0v) is 8.27. The van der Waals surface area contributed by atoms with Crippen LogP contribution >= 0.6 is 15.9 Å². The van der Waals surface area contributed by atoms with E-state index in [-0.39, 0.29) is 16.7 Å². The highest BCUT2D eigenvalue weighted by Gasteiger charge is 2.14. The van der Waals surface area contributed by atoms with Crippen molar-refractivity contribution in [2.45, 2.75) is 24.6 Å². The molecule has 0 unspecified atom stereocenters. The largest absolute Gasteiger partial charge is 0.464 e. The molecule has 0 aliphatic heterocycles. The smallest absolute Gasteiger partial charge is 0.317 e. The lowest BCUT2D eigenvalue weighted by atomic mass is 10.2. The van der Waals surface area contributed by atoms with Crippen LogP contribution in [0.2, 0.25) is 0 Å². The van der Waals surface area contributed by atoms with Crippen LogP contribution < -0.4 is 0 Å². The van der Waals surface area contributed by atoms with Crippen molar-refractivity contribution in [2.75, 3.05) is 6.61 Å². The third-order valence-corrected chi connectivity index (χ3v) is 1.05. The standard InChI is InChI=1S/C8H11BrO2/c1-4-5-7(10)11-6-8(2,3)9/h1H,5-6H2,2-3H3. The Morgan fingerprint density at radius 3 is 2.64 bits per heavy atom. The van der Waals surface area contributed by atoms with E-state index in [2.05, 4.69) is 21.9 Å². The number of halogens is 1. The molecular weight excluding hydrogens is 208 g/mol. The molecule has 0 saturated heterocycles. The predicted molar refractivity (Wildman–Crippen MR) is 47.4 cm³/mol. The van der Waals surface area contributed by atoms with Gasteiger partial charge in [-0.25, -0.2) is 0 Å². The molecule has 0 rings (SSSR count). The van der Waals surface area contributed by atoms with Crippen molar-refractivity contribution in [3.63, 3.8) is 0 Å². The Balaban J connectivity index is 3.57. The zero-order chi connectivity index (χ0) is 8.91. The third kappa shape index (κ3) is 7.41. The maximum absolute atomic E-state index is 10.7. The average molecular weight is 219 g/mol. The predicted octanol–water partition coefficient (Wildman–Crippen LogP) is 1.73. The van der Waals surface area contributed by atoms with E-state index in [1.165, 1.54) is 0 Å². The van der Waals surface area contributed by atoms with Crippen LogP contribution in [-0.2, 0) is 9.53 Å². The van der Waals surface area contributed by atoms with Gasteiger partial charge in [-0.15, -0.1) is 6.42 Å². The van der Waals surface area contributed by atoms with Gasteiger partial charge in [0.25, 0.3) is 0 Å². The van der Waals surface area contributed by atoms with E-state index < -0.39 is 0 Å². The number of alkyl halides is 1. The van der Waals surface area contributed by atoms with Gasteiger partial charge in [-0.2, -0.15) is 0 Å². The van der Waals surface area contributed by atoms with E-state index in [1.807, 2.05) is 13.8 Å². The van der Waals surface area contributed by atoms with Gasteiger partial charge >= 0.3 is 5.97 Å².